The Morgan fingerprint density at radius 2 is 2.04 bits per heavy atom. The van der Waals surface area contributed by atoms with Crippen LogP contribution in [0.1, 0.15) is 50.9 Å². The van der Waals surface area contributed by atoms with Gasteiger partial charge in [-0.2, -0.15) is 0 Å². The summed E-state index contributed by atoms with van der Waals surface area (Å²) in [6.45, 7) is 2.15. The van der Waals surface area contributed by atoms with Crippen LogP contribution in [0, 0.1) is 16.0 Å². The van der Waals surface area contributed by atoms with Crippen LogP contribution in [0.2, 0.25) is 0 Å². The predicted octanol–water partition coefficient (Wildman–Crippen LogP) is 3.52. The van der Waals surface area contributed by atoms with Gasteiger partial charge in [0.25, 0.3) is 17.5 Å². The van der Waals surface area contributed by atoms with E-state index >= 15 is 0 Å². The molecule has 0 aliphatic heterocycles. The molecule has 2 aromatic rings. The summed E-state index contributed by atoms with van der Waals surface area (Å²) in [5.74, 6) is -0.385. The predicted molar refractivity (Wildman–Crippen MR) is 99.7 cm³/mol. The zero-order chi connectivity index (χ0) is 18.8. The lowest BCUT2D eigenvalue weighted by Gasteiger charge is -2.20. The minimum Gasteiger partial charge on any atom is -0.365 e. The van der Waals surface area contributed by atoms with E-state index in [9.17, 15) is 19.7 Å². The number of rotatable bonds is 5. The number of primary amides is 1. The van der Waals surface area contributed by atoms with Gasteiger partial charge >= 0.3 is 0 Å². The van der Waals surface area contributed by atoms with Crippen LogP contribution in [0.3, 0.4) is 0 Å². The van der Waals surface area contributed by atoms with Crippen molar-refractivity contribution in [2.45, 2.75) is 32.6 Å². The van der Waals surface area contributed by atoms with Crippen molar-refractivity contribution in [3.63, 3.8) is 0 Å². The highest BCUT2D eigenvalue weighted by Gasteiger charge is 2.28. The molecule has 0 saturated carbocycles. The number of benzene rings is 1. The van der Waals surface area contributed by atoms with Gasteiger partial charge in [0.15, 0.2) is 0 Å². The molecule has 3 N–H and O–H groups in total. The number of fused-ring (bicyclic) bond motifs is 1. The van der Waals surface area contributed by atoms with Crippen LogP contribution in [-0.2, 0) is 12.8 Å². The number of nitro benzene ring substituents is 1. The van der Waals surface area contributed by atoms with Gasteiger partial charge in [0.2, 0.25) is 0 Å². The summed E-state index contributed by atoms with van der Waals surface area (Å²) < 4.78 is 0. The van der Waals surface area contributed by atoms with E-state index in [0.717, 1.165) is 36.1 Å². The van der Waals surface area contributed by atoms with Gasteiger partial charge in [-0.25, -0.2) is 0 Å². The number of nitro groups is 1. The number of hydrogen-bond acceptors (Lipinski definition) is 5. The Hall–Kier alpha value is -2.74. The van der Waals surface area contributed by atoms with Gasteiger partial charge in [0, 0.05) is 22.6 Å². The fourth-order valence-electron chi connectivity index (χ4n) is 3.26. The Morgan fingerprint density at radius 1 is 1.35 bits per heavy atom. The van der Waals surface area contributed by atoms with Crippen molar-refractivity contribution in [1.29, 1.82) is 0 Å². The Morgan fingerprint density at radius 3 is 2.62 bits per heavy atom. The average molecular weight is 373 g/mol. The first kappa shape index (κ1) is 18.1. The first-order valence-electron chi connectivity index (χ1n) is 8.40. The minimum absolute atomic E-state index is 0.0865. The zero-order valence-corrected chi connectivity index (χ0v) is 15.1. The molecule has 1 aromatic carbocycles. The van der Waals surface area contributed by atoms with Gasteiger partial charge in [-0.1, -0.05) is 13.3 Å². The lowest BCUT2D eigenvalue weighted by Crippen LogP contribution is -2.19. The molecule has 1 aromatic heterocycles. The van der Waals surface area contributed by atoms with E-state index in [0.29, 0.717) is 16.5 Å². The molecule has 1 aliphatic rings. The zero-order valence-electron chi connectivity index (χ0n) is 14.3. The number of amides is 2. The van der Waals surface area contributed by atoms with E-state index in [1.165, 1.54) is 35.6 Å². The summed E-state index contributed by atoms with van der Waals surface area (Å²) in [5, 5.41) is 13.9. The van der Waals surface area contributed by atoms with Gasteiger partial charge in [-0.15, -0.1) is 11.3 Å². The summed E-state index contributed by atoms with van der Waals surface area (Å²) >= 11 is 1.40. The molecule has 0 unspecified atom stereocenters. The van der Waals surface area contributed by atoms with Gasteiger partial charge in [-0.3, -0.25) is 19.7 Å². The maximum absolute atomic E-state index is 12.5. The van der Waals surface area contributed by atoms with Crippen LogP contribution in [0.5, 0.6) is 0 Å². The highest BCUT2D eigenvalue weighted by molar-refractivity contribution is 7.17. The summed E-state index contributed by atoms with van der Waals surface area (Å²) in [5.41, 5.74) is 7.10. The van der Waals surface area contributed by atoms with Crippen LogP contribution in [0.15, 0.2) is 24.3 Å². The van der Waals surface area contributed by atoms with Crippen molar-refractivity contribution in [2.24, 2.45) is 11.7 Å². The molecule has 0 fully saturated rings. The quantitative estimate of drug-likeness (QED) is 0.616. The van der Waals surface area contributed by atoms with Crippen molar-refractivity contribution < 1.29 is 14.5 Å². The molecule has 0 bridgehead atoms. The van der Waals surface area contributed by atoms with Crippen molar-refractivity contribution in [3.05, 3.63) is 55.9 Å². The number of carbonyl (C=O) groups is 2. The lowest BCUT2D eigenvalue weighted by atomic mass is 9.85. The molecule has 1 heterocycles. The van der Waals surface area contributed by atoms with E-state index in [2.05, 4.69) is 12.2 Å². The maximum Gasteiger partial charge on any atom is 0.269 e. The Bertz CT molecular complexity index is 873. The second-order valence-electron chi connectivity index (χ2n) is 6.35. The van der Waals surface area contributed by atoms with E-state index in [4.69, 9.17) is 5.73 Å². The molecular weight excluding hydrogens is 354 g/mol. The van der Waals surface area contributed by atoms with Crippen LogP contribution in [0.4, 0.5) is 10.7 Å². The molecule has 0 spiro atoms. The Labute approximate surface area is 154 Å². The third-order valence-electron chi connectivity index (χ3n) is 4.76. The molecule has 26 heavy (non-hydrogen) atoms. The topological polar surface area (TPSA) is 115 Å². The Balaban J connectivity index is 1.87. The lowest BCUT2D eigenvalue weighted by molar-refractivity contribution is -0.384. The molecule has 8 heteroatoms. The van der Waals surface area contributed by atoms with Gasteiger partial charge in [-0.05, 0) is 42.9 Å². The second kappa shape index (κ2) is 7.25. The fraction of sp³-hybridized carbons (Fsp3) is 0.333. The SMILES string of the molecule is CC[C@@H]1CCc2c(sc(NC(=O)c3ccc([N+](=O)[O-])cc3)c2C(N)=O)C1. The van der Waals surface area contributed by atoms with Gasteiger partial charge in [0.05, 0.1) is 10.5 Å². The van der Waals surface area contributed by atoms with Gasteiger partial charge < -0.3 is 11.1 Å². The van der Waals surface area contributed by atoms with Crippen LogP contribution < -0.4 is 11.1 Å². The number of nitrogens with one attached hydrogen (secondary N) is 1. The standard InChI is InChI=1S/C18H19N3O4S/c1-2-10-3-8-13-14(9-10)26-18(15(13)16(19)22)20-17(23)11-4-6-12(7-5-11)21(24)25/h4-7,10H,2-3,8-9H2,1H3,(H2,19,22)(H,20,23)/t10-/m1/s1. The molecule has 0 saturated heterocycles. The number of hydrogen-bond donors (Lipinski definition) is 2. The number of anilines is 1. The largest absolute Gasteiger partial charge is 0.365 e. The number of carbonyl (C=O) groups excluding carboxylic acids is 2. The highest BCUT2D eigenvalue weighted by atomic mass is 32.1. The monoisotopic (exact) mass is 373 g/mol. The Kier molecular flexibility index (Phi) is 5.03. The number of non-ortho nitro benzene ring substituents is 1. The molecule has 3 rings (SSSR count). The first-order chi connectivity index (χ1) is 12.4. The molecular formula is C18H19N3O4S. The molecule has 2 amide bonds. The van der Waals surface area contributed by atoms with Crippen molar-refractivity contribution in [2.75, 3.05) is 5.32 Å². The van der Waals surface area contributed by atoms with Crippen LogP contribution in [-0.4, -0.2) is 16.7 Å². The molecule has 7 nitrogen and oxygen atoms in total. The normalized spacial score (nSPS) is 16.0. The summed E-state index contributed by atoms with van der Waals surface area (Å²) in [6.07, 6.45) is 3.77. The number of nitrogens with two attached hydrogens (primary N) is 1. The minimum atomic E-state index is -0.545. The van der Waals surface area contributed by atoms with E-state index in [-0.39, 0.29) is 11.3 Å². The van der Waals surface area contributed by atoms with E-state index in [1.54, 1.807) is 0 Å². The maximum atomic E-state index is 12.5. The fourth-order valence-corrected chi connectivity index (χ4v) is 4.62. The third kappa shape index (κ3) is 3.45. The van der Waals surface area contributed by atoms with E-state index in [1.807, 2.05) is 0 Å². The first-order valence-corrected chi connectivity index (χ1v) is 9.22. The van der Waals surface area contributed by atoms with Crippen LogP contribution in [0.25, 0.3) is 0 Å². The number of thiophene rings is 1. The molecule has 0 radical (unpaired) electrons. The molecule has 136 valence electrons. The number of nitrogens with zero attached hydrogens (tertiary/aromatic N) is 1. The smallest absolute Gasteiger partial charge is 0.269 e. The van der Waals surface area contributed by atoms with Crippen molar-refractivity contribution in [1.82, 2.24) is 0 Å². The molecule has 1 atom stereocenters. The molecule has 1 aliphatic carbocycles. The summed E-state index contributed by atoms with van der Waals surface area (Å²) in [4.78, 5) is 35.7. The summed E-state index contributed by atoms with van der Waals surface area (Å²) in [6, 6.07) is 5.32. The van der Waals surface area contributed by atoms with Crippen molar-refractivity contribution in [3.8, 4) is 0 Å². The van der Waals surface area contributed by atoms with Crippen molar-refractivity contribution >= 4 is 33.8 Å². The van der Waals surface area contributed by atoms with Gasteiger partial charge in [0.1, 0.15) is 5.00 Å². The average Bonchev–Trinajstić information content (AvgIpc) is 2.98. The third-order valence-corrected chi connectivity index (χ3v) is 5.93. The van der Waals surface area contributed by atoms with E-state index < -0.39 is 16.7 Å². The van der Waals surface area contributed by atoms with Crippen LogP contribution >= 0.6 is 11.3 Å². The second-order valence-corrected chi connectivity index (χ2v) is 7.45. The summed E-state index contributed by atoms with van der Waals surface area (Å²) in [7, 11) is 0. The highest BCUT2D eigenvalue weighted by Crippen LogP contribution is 2.40.